The van der Waals surface area contributed by atoms with Gasteiger partial charge in [-0.3, -0.25) is 0 Å². The maximum Gasteiger partial charge on any atom is -0.0443 e. The molecule has 106 valence electrons. The fourth-order valence-corrected chi connectivity index (χ4v) is 1.81. The quantitative estimate of drug-likeness (QED) is 0.488. The first-order chi connectivity index (χ1) is 8.79. The van der Waals surface area contributed by atoms with Crippen molar-refractivity contribution >= 4 is 0 Å². The number of rotatable bonds is 0. The number of benzene rings is 1. The minimum atomic E-state index is 1.02. The third-order valence-electron chi connectivity index (χ3n) is 2.97. The van der Waals surface area contributed by atoms with Crippen LogP contribution < -0.4 is 0 Å². The largest absolute Gasteiger partial charge is 0.0683 e. The Labute approximate surface area is 116 Å². The summed E-state index contributed by atoms with van der Waals surface area (Å²) in [7, 11) is 0. The maximum atomic E-state index is 2.37. The average molecular weight is 250 g/mol. The van der Waals surface area contributed by atoms with Crippen LogP contribution >= 0.6 is 0 Å². The molecule has 0 atom stereocenters. The van der Waals surface area contributed by atoms with Gasteiger partial charge in [0.25, 0.3) is 0 Å². The van der Waals surface area contributed by atoms with Crippen LogP contribution in [0.5, 0.6) is 0 Å². The molecule has 1 aromatic carbocycles. The summed E-state index contributed by atoms with van der Waals surface area (Å²) in [6.07, 6.45) is 5.89. The SMILES string of the molecule is CC.CC.CC1CCC(C)CC1.c1ccccc1. The van der Waals surface area contributed by atoms with E-state index in [0.717, 1.165) is 11.8 Å². The van der Waals surface area contributed by atoms with Crippen LogP contribution in [0.15, 0.2) is 36.4 Å². The molecule has 0 radical (unpaired) electrons. The molecule has 1 aliphatic rings. The van der Waals surface area contributed by atoms with Gasteiger partial charge in [0, 0.05) is 0 Å². The highest BCUT2D eigenvalue weighted by atomic mass is 14.2. The second-order valence-electron chi connectivity index (χ2n) is 4.52. The molecule has 0 nitrogen and oxygen atoms in total. The Morgan fingerprint density at radius 2 is 0.667 bits per heavy atom. The molecule has 0 saturated heterocycles. The lowest BCUT2D eigenvalue weighted by Crippen LogP contribution is -2.08. The third kappa shape index (κ3) is 13.3. The highest BCUT2D eigenvalue weighted by molar-refractivity contribution is 4.99. The molecule has 0 aliphatic heterocycles. The van der Waals surface area contributed by atoms with Crippen molar-refractivity contribution in [2.24, 2.45) is 11.8 Å². The van der Waals surface area contributed by atoms with Gasteiger partial charge in [-0.1, -0.05) is 104 Å². The number of hydrogen-bond acceptors (Lipinski definition) is 0. The summed E-state index contributed by atoms with van der Waals surface area (Å²) >= 11 is 0. The van der Waals surface area contributed by atoms with E-state index in [4.69, 9.17) is 0 Å². The van der Waals surface area contributed by atoms with E-state index in [9.17, 15) is 0 Å². The van der Waals surface area contributed by atoms with Gasteiger partial charge in [-0.05, 0) is 11.8 Å². The van der Waals surface area contributed by atoms with Gasteiger partial charge in [0.1, 0.15) is 0 Å². The Balaban J connectivity index is 0. The Bertz CT molecular complexity index is 170. The minimum Gasteiger partial charge on any atom is -0.0683 e. The maximum absolute atomic E-state index is 2.37. The molecule has 0 heterocycles. The van der Waals surface area contributed by atoms with E-state index in [1.807, 2.05) is 64.1 Å². The van der Waals surface area contributed by atoms with Crippen molar-refractivity contribution in [1.29, 1.82) is 0 Å². The van der Waals surface area contributed by atoms with E-state index in [-0.39, 0.29) is 0 Å². The van der Waals surface area contributed by atoms with Crippen molar-refractivity contribution < 1.29 is 0 Å². The molecular formula is C18H34. The van der Waals surface area contributed by atoms with Gasteiger partial charge in [0.15, 0.2) is 0 Å². The van der Waals surface area contributed by atoms with Gasteiger partial charge in [0.05, 0.1) is 0 Å². The molecule has 0 N–H and O–H groups in total. The molecule has 0 heteroatoms. The second-order valence-corrected chi connectivity index (χ2v) is 4.52. The van der Waals surface area contributed by atoms with E-state index in [1.54, 1.807) is 0 Å². The Kier molecular flexibility index (Phi) is 17.6. The van der Waals surface area contributed by atoms with Crippen molar-refractivity contribution in [3.05, 3.63) is 36.4 Å². The summed E-state index contributed by atoms with van der Waals surface area (Å²) in [5.41, 5.74) is 0. The molecule has 0 spiro atoms. The first kappa shape index (κ1) is 19.6. The lowest BCUT2D eigenvalue weighted by atomic mass is 9.84. The summed E-state index contributed by atoms with van der Waals surface area (Å²) < 4.78 is 0. The van der Waals surface area contributed by atoms with Gasteiger partial charge in [-0.15, -0.1) is 0 Å². The highest BCUT2D eigenvalue weighted by Crippen LogP contribution is 2.27. The predicted molar refractivity (Wildman–Crippen MR) is 85.9 cm³/mol. The standard InChI is InChI=1S/C8H16.C6H6.2C2H6/c1-7-3-5-8(2)6-4-7;1-2-4-6-5-3-1;2*1-2/h7-8H,3-6H2,1-2H3;1-6H;2*1-2H3. The van der Waals surface area contributed by atoms with Crippen LogP contribution in [-0.4, -0.2) is 0 Å². The Morgan fingerprint density at radius 3 is 0.833 bits per heavy atom. The lowest BCUT2D eigenvalue weighted by Gasteiger charge is -2.22. The molecule has 0 aromatic heterocycles. The fourth-order valence-electron chi connectivity index (χ4n) is 1.81. The third-order valence-corrected chi connectivity index (χ3v) is 2.97. The van der Waals surface area contributed by atoms with Crippen molar-refractivity contribution in [2.75, 3.05) is 0 Å². The van der Waals surface area contributed by atoms with Crippen molar-refractivity contribution in [3.63, 3.8) is 0 Å². The zero-order valence-corrected chi connectivity index (χ0v) is 13.4. The molecular weight excluding hydrogens is 216 g/mol. The summed E-state index contributed by atoms with van der Waals surface area (Å²) in [5, 5.41) is 0. The molecule has 1 fully saturated rings. The van der Waals surface area contributed by atoms with E-state index in [1.165, 1.54) is 25.7 Å². The van der Waals surface area contributed by atoms with Gasteiger partial charge < -0.3 is 0 Å². The lowest BCUT2D eigenvalue weighted by molar-refractivity contribution is 0.308. The Morgan fingerprint density at radius 1 is 0.500 bits per heavy atom. The smallest absolute Gasteiger partial charge is 0.0443 e. The summed E-state index contributed by atoms with van der Waals surface area (Å²) in [4.78, 5) is 0. The van der Waals surface area contributed by atoms with E-state index >= 15 is 0 Å². The summed E-state index contributed by atoms with van der Waals surface area (Å²) in [6, 6.07) is 12.0. The van der Waals surface area contributed by atoms with Crippen LogP contribution in [0.2, 0.25) is 0 Å². The highest BCUT2D eigenvalue weighted by Gasteiger charge is 2.13. The van der Waals surface area contributed by atoms with Crippen LogP contribution in [0.3, 0.4) is 0 Å². The van der Waals surface area contributed by atoms with Gasteiger partial charge in [-0.25, -0.2) is 0 Å². The average Bonchev–Trinajstić information content (AvgIpc) is 2.49. The zero-order valence-electron chi connectivity index (χ0n) is 13.4. The molecule has 1 aliphatic carbocycles. The Hall–Kier alpha value is -0.780. The van der Waals surface area contributed by atoms with Gasteiger partial charge >= 0.3 is 0 Å². The molecule has 2 rings (SSSR count). The predicted octanol–water partition coefficient (Wildman–Crippen LogP) is 6.57. The molecule has 1 aromatic rings. The molecule has 18 heavy (non-hydrogen) atoms. The van der Waals surface area contributed by atoms with Gasteiger partial charge in [0.2, 0.25) is 0 Å². The first-order valence-corrected chi connectivity index (χ1v) is 7.79. The molecule has 0 amide bonds. The summed E-state index contributed by atoms with van der Waals surface area (Å²) in [5.74, 6) is 2.04. The summed E-state index contributed by atoms with van der Waals surface area (Å²) in [6.45, 7) is 12.7. The molecule has 0 unspecified atom stereocenters. The van der Waals surface area contributed by atoms with E-state index in [2.05, 4.69) is 13.8 Å². The van der Waals surface area contributed by atoms with Crippen LogP contribution in [0.1, 0.15) is 67.2 Å². The zero-order chi connectivity index (χ0) is 14.2. The number of hydrogen-bond donors (Lipinski definition) is 0. The first-order valence-electron chi connectivity index (χ1n) is 7.79. The fraction of sp³-hybridized carbons (Fsp3) is 0.667. The van der Waals surface area contributed by atoms with Crippen molar-refractivity contribution in [2.45, 2.75) is 67.2 Å². The van der Waals surface area contributed by atoms with Crippen LogP contribution in [0.25, 0.3) is 0 Å². The molecule has 0 bridgehead atoms. The monoisotopic (exact) mass is 250 g/mol. The second kappa shape index (κ2) is 16.2. The van der Waals surface area contributed by atoms with E-state index < -0.39 is 0 Å². The van der Waals surface area contributed by atoms with Crippen LogP contribution in [-0.2, 0) is 0 Å². The topological polar surface area (TPSA) is 0 Å². The molecule has 1 saturated carbocycles. The van der Waals surface area contributed by atoms with Crippen LogP contribution in [0.4, 0.5) is 0 Å². The van der Waals surface area contributed by atoms with E-state index in [0.29, 0.717) is 0 Å². The normalized spacial score (nSPS) is 21.0. The minimum absolute atomic E-state index is 1.02. The van der Waals surface area contributed by atoms with Gasteiger partial charge in [-0.2, -0.15) is 0 Å². The van der Waals surface area contributed by atoms with Crippen LogP contribution in [0, 0.1) is 11.8 Å². The van der Waals surface area contributed by atoms with Crippen molar-refractivity contribution in [3.8, 4) is 0 Å². The van der Waals surface area contributed by atoms with Crippen molar-refractivity contribution in [1.82, 2.24) is 0 Å².